The summed E-state index contributed by atoms with van der Waals surface area (Å²) < 4.78 is 0. The molecule has 0 fully saturated rings. The maximum absolute atomic E-state index is 12.0. The molecule has 45 heavy (non-hydrogen) atoms. The smallest absolute Gasteiger partial charge is 0.248 e. The van der Waals surface area contributed by atoms with E-state index in [1.807, 2.05) is 94.5 Å². The number of amides is 1. The maximum Gasteiger partial charge on any atom is 0.248 e. The minimum absolute atomic E-state index is 0.140. The summed E-state index contributed by atoms with van der Waals surface area (Å²) in [5, 5.41) is 5.46. The van der Waals surface area contributed by atoms with E-state index in [4.69, 9.17) is 17.3 Å². The first-order valence-corrected chi connectivity index (χ1v) is 15.6. The number of anilines is 3. The summed E-state index contributed by atoms with van der Waals surface area (Å²) >= 11 is 6.09. The molecule has 0 unspecified atom stereocenters. The highest BCUT2D eigenvalue weighted by molar-refractivity contribution is 6.33. The molecule has 0 saturated heterocycles. The lowest BCUT2D eigenvalue weighted by Crippen LogP contribution is -2.25. The Morgan fingerprint density at radius 3 is 2.53 bits per heavy atom. The van der Waals surface area contributed by atoms with Gasteiger partial charge in [-0.15, -0.1) is 0 Å². The molecule has 3 aromatic heterocycles. The van der Waals surface area contributed by atoms with Crippen LogP contribution in [0.1, 0.15) is 39.9 Å². The zero-order chi connectivity index (χ0) is 32.9. The summed E-state index contributed by atoms with van der Waals surface area (Å²) in [6, 6.07) is 13.7. The second-order valence-corrected chi connectivity index (χ2v) is 10.6. The van der Waals surface area contributed by atoms with Gasteiger partial charge in [-0.25, -0.2) is 19.9 Å². The van der Waals surface area contributed by atoms with Gasteiger partial charge in [0, 0.05) is 59.4 Å². The van der Waals surface area contributed by atoms with E-state index in [1.165, 1.54) is 6.20 Å². The average Bonchev–Trinajstić information content (AvgIpc) is 3.45. The number of aryl methyl sites for hydroxylation is 1. The molecule has 1 amide bonds. The van der Waals surface area contributed by atoms with Crippen LogP contribution in [0.25, 0.3) is 33.1 Å². The van der Waals surface area contributed by atoms with Gasteiger partial charge in [0.25, 0.3) is 0 Å². The standard InChI is InChI=1S/C20H29N5O.C12H9ClN4.C2H6/c1-6-12-25(7-2)20-17-11-10-16(14-18(17)21-15(3)22-20)23-19(26)9-8-13-24(4)5;13-9-6-16-12(14)17-11(9)8-5-15-10-4-2-1-3-7(8)10;1-2/h8-11,14H,6-7,12-13H2,1-5H3,(H,23,26);1-6,15H,(H2,14,16,17);1-2H3/b9-8+;;. The highest BCUT2D eigenvalue weighted by Gasteiger charge is 2.13. The molecule has 0 radical (unpaired) electrons. The molecule has 2 aromatic carbocycles. The van der Waals surface area contributed by atoms with Gasteiger partial charge in [0.2, 0.25) is 11.9 Å². The number of nitrogen functional groups attached to an aromatic ring is 1. The van der Waals surface area contributed by atoms with Gasteiger partial charge in [-0.2, -0.15) is 0 Å². The average molecular weight is 630 g/mol. The molecule has 5 rings (SSSR count). The van der Waals surface area contributed by atoms with Crippen LogP contribution in [0.4, 0.5) is 17.5 Å². The second-order valence-electron chi connectivity index (χ2n) is 10.2. The fraction of sp³-hybridized carbons (Fsp3) is 0.324. The fourth-order valence-electron chi connectivity index (χ4n) is 4.62. The number of benzene rings is 2. The minimum atomic E-state index is -0.140. The van der Waals surface area contributed by atoms with Gasteiger partial charge in [0.1, 0.15) is 11.6 Å². The van der Waals surface area contributed by atoms with Gasteiger partial charge in [-0.05, 0) is 58.6 Å². The number of carbonyl (C=O) groups is 1. The summed E-state index contributed by atoms with van der Waals surface area (Å²) in [5.41, 5.74) is 9.78. The summed E-state index contributed by atoms with van der Waals surface area (Å²) in [6.45, 7) is 12.8. The Hall–Kier alpha value is -4.54. The van der Waals surface area contributed by atoms with E-state index in [0.29, 0.717) is 10.7 Å². The number of para-hydroxylation sites is 1. The molecule has 11 heteroatoms. The first-order chi connectivity index (χ1) is 21.7. The Bertz CT molecular complexity index is 1730. The number of rotatable bonds is 9. The van der Waals surface area contributed by atoms with Gasteiger partial charge in [0.05, 0.1) is 22.4 Å². The highest BCUT2D eigenvalue weighted by Crippen LogP contribution is 2.32. The van der Waals surface area contributed by atoms with Gasteiger partial charge < -0.3 is 25.8 Å². The molecule has 10 nitrogen and oxygen atoms in total. The van der Waals surface area contributed by atoms with Crippen molar-refractivity contribution in [2.45, 2.75) is 41.0 Å². The molecule has 0 aliphatic rings. The number of fused-ring (bicyclic) bond motifs is 2. The van der Waals surface area contributed by atoms with Crippen LogP contribution in [0, 0.1) is 6.92 Å². The number of hydrogen-bond donors (Lipinski definition) is 3. The third-order valence-corrected chi connectivity index (χ3v) is 6.85. The lowest BCUT2D eigenvalue weighted by Gasteiger charge is -2.23. The first kappa shape index (κ1) is 34.9. The van der Waals surface area contributed by atoms with E-state index in [0.717, 1.165) is 70.8 Å². The Morgan fingerprint density at radius 1 is 1.07 bits per heavy atom. The molecule has 0 saturated carbocycles. The quantitative estimate of drug-likeness (QED) is 0.147. The van der Waals surface area contributed by atoms with E-state index in [9.17, 15) is 4.79 Å². The normalized spacial score (nSPS) is 10.9. The molecule has 5 aromatic rings. The van der Waals surface area contributed by atoms with Crippen molar-refractivity contribution < 1.29 is 4.79 Å². The number of nitrogens with two attached hydrogens (primary N) is 1. The van der Waals surface area contributed by atoms with E-state index in [2.05, 4.69) is 49.0 Å². The van der Waals surface area contributed by atoms with Crippen LogP contribution in [-0.2, 0) is 4.79 Å². The zero-order valence-corrected chi connectivity index (χ0v) is 28.0. The molecular formula is C34H44ClN9O. The number of nitrogens with one attached hydrogen (secondary N) is 2. The summed E-state index contributed by atoms with van der Waals surface area (Å²) in [4.78, 5) is 36.7. The number of hydrogen-bond acceptors (Lipinski definition) is 8. The third-order valence-electron chi connectivity index (χ3n) is 6.58. The molecule has 4 N–H and O–H groups in total. The summed E-state index contributed by atoms with van der Waals surface area (Å²) in [7, 11) is 3.92. The van der Waals surface area contributed by atoms with Crippen LogP contribution in [0.2, 0.25) is 5.02 Å². The molecule has 0 bridgehead atoms. The van der Waals surface area contributed by atoms with Crippen LogP contribution >= 0.6 is 11.6 Å². The molecular weight excluding hydrogens is 586 g/mol. The molecule has 0 aliphatic carbocycles. The number of carbonyl (C=O) groups excluding carboxylic acids is 1. The number of H-pyrrole nitrogens is 1. The van der Waals surface area contributed by atoms with Crippen LogP contribution in [-0.4, -0.2) is 69.5 Å². The SMILES string of the molecule is CC.CCCN(CC)c1nc(C)nc2cc(NC(=O)/C=C/CN(C)C)ccc12.Nc1ncc(Cl)c(-c2c[nH]c3ccccc23)n1. The number of halogens is 1. The molecule has 0 aliphatic heterocycles. The van der Waals surface area contributed by atoms with Crippen molar-refractivity contribution in [1.29, 1.82) is 0 Å². The Balaban J connectivity index is 0.000000249. The molecule has 0 spiro atoms. The molecule has 238 valence electrons. The van der Waals surface area contributed by atoms with Gasteiger partial charge in [-0.3, -0.25) is 4.79 Å². The Labute approximate surface area is 270 Å². The topological polar surface area (TPSA) is 129 Å². The predicted octanol–water partition coefficient (Wildman–Crippen LogP) is 7.12. The van der Waals surface area contributed by atoms with Crippen molar-refractivity contribution in [1.82, 2.24) is 29.8 Å². The van der Waals surface area contributed by atoms with Crippen molar-refractivity contribution in [2.24, 2.45) is 0 Å². The molecule has 0 atom stereocenters. The van der Waals surface area contributed by atoms with Crippen LogP contribution in [0.5, 0.6) is 0 Å². The van der Waals surface area contributed by atoms with Crippen molar-refractivity contribution in [3.8, 4) is 11.3 Å². The van der Waals surface area contributed by atoms with Crippen molar-refractivity contribution in [3.05, 3.63) is 77.9 Å². The number of aromatic amines is 1. The van der Waals surface area contributed by atoms with Crippen molar-refractivity contribution >= 4 is 56.8 Å². The second kappa shape index (κ2) is 17.1. The largest absolute Gasteiger partial charge is 0.368 e. The van der Waals surface area contributed by atoms with Gasteiger partial charge >= 0.3 is 0 Å². The summed E-state index contributed by atoms with van der Waals surface area (Å²) in [6.07, 6.45) is 7.84. The third kappa shape index (κ3) is 9.47. The lowest BCUT2D eigenvalue weighted by molar-refractivity contribution is -0.111. The van der Waals surface area contributed by atoms with Crippen LogP contribution in [0.3, 0.4) is 0 Å². The first-order valence-electron chi connectivity index (χ1n) is 15.2. The minimum Gasteiger partial charge on any atom is -0.368 e. The predicted molar refractivity (Wildman–Crippen MR) is 189 cm³/mol. The van der Waals surface area contributed by atoms with E-state index >= 15 is 0 Å². The fourth-order valence-corrected chi connectivity index (χ4v) is 4.81. The Morgan fingerprint density at radius 2 is 1.82 bits per heavy atom. The zero-order valence-electron chi connectivity index (χ0n) is 27.2. The highest BCUT2D eigenvalue weighted by atomic mass is 35.5. The van der Waals surface area contributed by atoms with Crippen LogP contribution in [0.15, 0.2) is 67.0 Å². The number of likely N-dealkylation sites (N-methyl/N-ethyl adjacent to an activating group) is 1. The van der Waals surface area contributed by atoms with Crippen molar-refractivity contribution in [3.63, 3.8) is 0 Å². The van der Waals surface area contributed by atoms with E-state index < -0.39 is 0 Å². The van der Waals surface area contributed by atoms with Gasteiger partial charge in [0.15, 0.2) is 0 Å². The number of aromatic nitrogens is 5. The summed E-state index contributed by atoms with van der Waals surface area (Å²) in [5.74, 6) is 1.77. The monoisotopic (exact) mass is 629 g/mol. The maximum atomic E-state index is 12.0. The molecule has 3 heterocycles. The lowest BCUT2D eigenvalue weighted by atomic mass is 10.1. The van der Waals surface area contributed by atoms with E-state index in [-0.39, 0.29) is 11.9 Å². The van der Waals surface area contributed by atoms with Crippen molar-refractivity contribution in [2.75, 3.05) is 49.7 Å². The van der Waals surface area contributed by atoms with Gasteiger partial charge in [-0.1, -0.05) is 56.6 Å². The Kier molecular flexibility index (Phi) is 13.3. The van der Waals surface area contributed by atoms with E-state index in [1.54, 1.807) is 6.08 Å². The van der Waals surface area contributed by atoms with Crippen LogP contribution < -0.4 is 16.0 Å². The number of nitrogens with zero attached hydrogens (tertiary/aromatic N) is 6.